The Morgan fingerprint density at radius 3 is 2.67 bits per heavy atom. The third-order valence-corrected chi connectivity index (χ3v) is 6.03. The Balaban J connectivity index is 2.12. The number of sulfonamides is 1. The summed E-state index contributed by atoms with van der Waals surface area (Å²) in [6.45, 7) is 2.51. The number of anilines is 1. The van der Waals surface area contributed by atoms with Gasteiger partial charge in [0.05, 0.1) is 10.7 Å². The molecule has 21 heavy (non-hydrogen) atoms. The van der Waals surface area contributed by atoms with Gasteiger partial charge in [0.1, 0.15) is 4.90 Å². The Labute approximate surface area is 130 Å². The molecule has 0 amide bonds. The van der Waals surface area contributed by atoms with E-state index in [-0.39, 0.29) is 9.92 Å². The molecule has 0 aliphatic carbocycles. The van der Waals surface area contributed by atoms with Gasteiger partial charge in [0.25, 0.3) is 10.0 Å². The molecule has 5 heteroatoms. The molecule has 2 aromatic rings. The van der Waals surface area contributed by atoms with E-state index in [1.807, 2.05) is 19.1 Å². The van der Waals surface area contributed by atoms with Crippen LogP contribution in [0.1, 0.15) is 17.5 Å². The maximum absolute atomic E-state index is 12.9. The van der Waals surface area contributed by atoms with E-state index in [0.717, 1.165) is 29.7 Å². The van der Waals surface area contributed by atoms with Crippen LogP contribution in [0.25, 0.3) is 0 Å². The topological polar surface area (TPSA) is 37.4 Å². The van der Waals surface area contributed by atoms with Crippen LogP contribution in [0.4, 0.5) is 5.69 Å². The monoisotopic (exact) mass is 321 g/mol. The molecule has 0 bridgehead atoms. The zero-order chi connectivity index (χ0) is 15.0. The molecule has 0 saturated carbocycles. The van der Waals surface area contributed by atoms with Gasteiger partial charge in [-0.15, -0.1) is 0 Å². The molecule has 3 rings (SSSR count). The van der Waals surface area contributed by atoms with Gasteiger partial charge in [-0.1, -0.05) is 41.4 Å². The predicted octanol–water partition coefficient (Wildman–Crippen LogP) is 3.79. The molecule has 0 saturated heterocycles. The maximum Gasteiger partial charge on any atom is 0.265 e. The fourth-order valence-corrected chi connectivity index (χ4v) is 4.75. The van der Waals surface area contributed by atoms with E-state index >= 15 is 0 Å². The summed E-state index contributed by atoms with van der Waals surface area (Å²) in [5.74, 6) is 0. The molecule has 2 aromatic carbocycles. The summed E-state index contributed by atoms with van der Waals surface area (Å²) in [5, 5.41) is 0.261. The lowest BCUT2D eigenvalue weighted by molar-refractivity contribution is 0.586. The van der Waals surface area contributed by atoms with Gasteiger partial charge in [0.2, 0.25) is 0 Å². The minimum atomic E-state index is -3.62. The smallest absolute Gasteiger partial charge is 0.265 e. The molecule has 0 fully saturated rings. The normalized spacial score (nSPS) is 14.9. The molecule has 0 spiro atoms. The van der Waals surface area contributed by atoms with Crippen LogP contribution >= 0.6 is 11.6 Å². The first-order valence-corrected chi connectivity index (χ1v) is 8.69. The molecule has 110 valence electrons. The molecular formula is C16H16ClNO2S. The second-order valence-electron chi connectivity index (χ2n) is 5.24. The Kier molecular flexibility index (Phi) is 3.68. The van der Waals surface area contributed by atoms with Gasteiger partial charge in [-0.2, -0.15) is 0 Å². The highest BCUT2D eigenvalue weighted by atomic mass is 35.5. The van der Waals surface area contributed by atoms with Crippen LogP contribution in [0.3, 0.4) is 0 Å². The van der Waals surface area contributed by atoms with Gasteiger partial charge in [-0.25, -0.2) is 8.42 Å². The first kappa shape index (κ1) is 14.4. The zero-order valence-electron chi connectivity index (χ0n) is 11.7. The average molecular weight is 322 g/mol. The molecule has 3 nitrogen and oxygen atoms in total. The number of nitrogens with zero attached hydrogens (tertiary/aromatic N) is 1. The Morgan fingerprint density at radius 2 is 1.90 bits per heavy atom. The highest BCUT2D eigenvalue weighted by Gasteiger charge is 2.30. The number of benzene rings is 2. The molecule has 1 aliphatic heterocycles. The van der Waals surface area contributed by atoms with Crippen molar-refractivity contribution in [3.8, 4) is 0 Å². The number of halogens is 1. The van der Waals surface area contributed by atoms with Crippen LogP contribution in [0.15, 0.2) is 47.4 Å². The Bertz CT molecular complexity index is 787. The van der Waals surface area contributed by atoms with Gasteiger partial charge in [0, 0.05) is 6.54 Å². The third kappa shape index (κ3) is 2.54. The first-order valence-electron chi connectivity index (χ1n) is 6.87. The van der Waals surface area contributed by atoms with Crippen molar-refractivity contribution >= 4 is 27.3 Å². The molecule has 0 aromatic heterocycles. The van der Waals surface area contributed by atoms with Crippen LogP contribution in [0, 0.1) is 6.92 Å². The predicted molar refractivity (Wildman–Crippen MR) is 85.5 cm³/mol. The van der Waals surface area contributed by atoms with Crippen LogP contribution < -0.4 is 4.31 Å². The van der Waals surface area contributed by atoms with E-state index in [4.69, 9.17) is 11.6 Å². The van der Waals surface area contributed by atoms with Crippen LogP contribution in [0.2, 0.25) is 5.02 Å². The minimum Gasteiger partial charge on any atom is -0.266 e. The van der Waals surface area contributed by atoms with Crippen molar-refractivity contribution in [2.24, 2.45) is 0 Å². The van der Waals surface area contributed by atoms with Crippen molar-refractivity contribution in [2.45, 2.75) is 24.7 Å². The largest absolute Gasteiger partial charge is 0.266 e. The van der Waals surface area contributed by atoms with Gasteiger partial charge in [-0.05, 0) is 43.5 Å². The van der Waals surface area contributed by atoms with Gasteiger partial charge < -0.3 is 0 Å². The van der Waals surface area contributed by atoms with Crippen LogP contribution in [-0.2, 0) is 16.4 Å². The molecule has 0 atom stereocenters. The zero-order valence-corrected chi connectivity index (χ0v) is 13.3. The highest BCUT2D eigenvalue weighted by Crippen LogP contribution is 2.34. The highest BCUT2D eigenvalue weighted by molar-refractivity contribution is 7.93. The van der Waals surface area contributed by atoms with Crippen molar-refractivity contribution in [3.63, 3.8) is 0 Å². The summed E-state index contributed by atoms with van der Waals surface area (Å²) in [5.41, 5.74) is 2.99. The van der Waals surface area contributed by atoms with Crippen molar-refractivity contribution in [1.29, 1.82) is 0 Å². The summed E-state index contributed by atoms with van der Waals surface area (Å²) in [6, 6.07) is 12.5. The van der Waals surface area contributed by atoms with Gasteiger partial charge >= 0.3 is 0 Å². The van der Waals surface area contributed by atoms with Gasteiger partial charge in [-0.3, -0.25) is 4.31 Å². The SMILES string of the molecule is Cc1ccc2c(c1)CCCN2S(=O)(=O)c1ccccc1Cl. The molecule has 0 N–H and O–H groups in total. The minimum absolute atomic E-state index is 0.167. The molecule has 0 radical (unpaired) electrons. The van der Waals surface area contributed by atoms with Crippen molar-refractivity contribution in [2.75, 3.05) is 10.8 Å². The van der Waals surface area contributed by atoms with E-state index in [2.05, 4.69) is 6.07 Å². The Morgan fingerprint density at radius 1 is 1.14 bits per heavy atom. The second-order valence-corrected chi connectivity index (χ2v) is 7.48. The first-order chi connectivity index (χ1) is 10.00. The Hall–Kier alpha value is -1.52. The fourth-order valence-electron chi connectivity index (χ4n) is 2.71. The van der Waals surface area contributed by atoms with Crippen molar-refractivity contribution < 1.29 is 8.42 Å². The van der Waals surface area contributed by atoms with Crippen molar-refractivity contribution in [1.82, 2.24) is 0 Å². The number of hydrogen-bond acceptors (Lipinski definition) is 2. The lowest BCUT2D eigenvalue weighted by Gasteiger charge is -2.31. The third-order valence-electron chi connectivity index (χ3n) is 3.72. The average Bonchev–Trinajstić information content (AvgIpc) is 2.46. The van der Waals surface area contributed by atoms with E-state index in [1.165, 1.54) is 4.31 Å². The number of hydrogen-bond donors (Lipinski definition) is 0. The van der Waals surface area contributed by atoms with Crippen molar-refractivity contribution in [3.05, 3.63) is 58.6 Å². The van der Waals surface area contributed by atoms with E-state index in [1.54, 1.807) is 24.3 Å². The van der Waals surface area contributed by atoms with E-state index in [9.17, 15) is 8.42 Å². The summed E-state index contributed by atoms with van der Waals surface area (Å²) in [4.78, 5) is 0.167. The summed E-state index contributed by atoms with van der Waals surface area (Å²) >= 11 is 6.07. The van der Waals surface area contributed by atoms with Crippen LogP contribution in [0.5, 0.6) is 0 Å². The molecular weight excluding hydrogens is 306 g/mol. The summed E-state index contributed by atoms with van der Waals surface area (Å²) in [7, 11) is -3.62. The lowest BCUT2D eigenvalue weighted by Crippen LogP contribution is -2.35. The number of rotatable bonds is 2. The lowest BCUT2D eigenvalue weighted by atomic mass is 10.0. The molecule has 0 unspecified atom stereocenters. The standard InChI is InChI=1S/C16H16ClNO2S/c1-12-8-9-15-13(11-12)5-4-10-18(15)21(19,20)16-7-3-2-6-14(16)17/h2-3,6-9,11H,4-5,10H2,1H3. The van der Waals surface area contributed by atoms with E-state index in [0.29, 0.717) is 6.54 Å². The van der Waals surface area contributed by atoms with Gasteiger partial charge in [0.15, 0.2) is 0 Å². The fraction of sp³-hybridized carbons (Fsp3) is 0.250. The van der Waals surface area contributed by atoms with E-state index < -0.39 is 10.0 Å². The number of fused-ring (bicyclic) bond motifs is 1. The number of aryl methyl sites for hydroxylation is 2. The summed E-state index contributed by atoms with van der Waals surface area (Å²) < 4.78 is 27.3. The molecule has 1 aliphatic rings. The second kappa shape index (κ2) is 5.35. The quantitative estimate of drug-likeness (QED) is 0.844. The molecule has 1 heterocycles. The van der Waals surface area contributed by atoms with Crippen LogP contribution in [-0.4, -0.2) is 15.0 Å². The summed E-state index contributed by atoms with van der Waals surface area (Å²) in [6.07, 6.45) is 1.73. The maximum atomic E-state index is 12.9.